The molecule has 0 aliphatic carbocycles. The summed E-state index contributed by atoms with van der Waals surface area (Å²) in [5, 5.41) is 5.13. The zero-order chi connectivity index (χ0) is 14.9. The fourth-order valence-electron chi connectivity index (χ4n) is 1.86. The van der Waals surface area contributed by atoms with Crippen molar-refractivity contribution in [1.29, 1.82) is 0 Å². The summed E-state index contributed by atoms with van der Waals surface area (Å²) in [5.41, 5.74) is 14.1. The van der Waals surface area contributed by atoms with E-state index in [2.05, 4.69) is 6.58 Å². The first-order valence-electron chi connectivity index (χ1n) is 5.76. The molecule has 0 aliphatic heterocycles. The summed E-state index contributed by atoms with van der Waals surface area (Å²) >= 11 is 0. The minimum atomic E-state index is -3.87. The molecule has 0 saturated carbocycles. The van der Waals surface area contributed by atoms with E-state index in [1.54, 1.807) is 24.3 Å². The number of hydrogen-bond acceptors (Lipinski definition) is 4. The van der Waals surface area contributed by atoms with E-state index in [1.165, 1.54) is 12.1 Å². The quantitative estimate of drug-likeness (QED) is 0.744. The van der Waals surface area contributed by atoms with E-state index >= 15 is 0 Å². The Morgan fingerprint density at radius 2 is 1.65 bits per heavy atom. The first-order chi connectivity index (χ1) is 9.29. The Labute approximate surface area is 117 Å². The molecule has 20 heavy (non-hydrogen) atoms. The second-order valence-corrected chi connectivity index (χ2v) is 5.93. The van der Waals surface area contributed by atoms with E-state index in [0.717, 1.165) is 5.56 Å². The van der Waals surface area contributed by atoms with Crippen molar-refractivity contribution >= 4 is 27.0 Å². The van der Waals surface area contributed by atoms with Crippen LogP contribution < -0.4 is 16.6 Å². The van der Waals surface area contributed by atoms with Gasteiger partial charge >= 0.3 is 0 Å². The summed E-state index contributed by atoms with van der Waals surface area (Å²) in [5.74, 6) is 0. The summed E-state index contributed by atoms with van der Waals surface area (Å²) < 4.78 is 22.9. The molecular weight excluding hydrogens is 274 g/mol. The van der Waals surface area contributed by atoms with Gasteiger partial charge in [0.2, 0.25) is 10.0 Å². The Morgan fingerprint density at radius 1 is 1.00 bits per heavy atom. The summed E-state index contributed by atoms with van der Waals surface area (Å²) in [6, 6.07) is 11.8. The standard InChI is InChI=1S/C14H15N3O2S/c1-9(10-3-2-4-12(15)7-10)11-5-6-13(16)14(8-11)20(17,18)19/h2-8H,1,15-16H2,(H2,17,18,19). The molecule has 2 aromatic rings. The summed E-state index contributed by atoms with van der Waals surface area (Å²) in [4.78, 5) is -0.111. The van der Waals surface area contributed by atoms with Gasteiger partial charge < -0.3 is 11.5 Å². The molecule has 2 rings (SSSR count). The Bertz CT molecular complexity index is 783. The maximum absolute atomic E-state index is 11.5. The van der Waals surface area contributed by atoms with Crippen LogP contribution in [0.3, 0.4) is 0 Å². The summed E-state index contributed by atoms with van der Waals surface area (Å²) in [6.45, 7) is 3.96. The van der Waals surface area contributed by atoms with Crippen LogP contribution >= 0.6 is 0 Å². The number of anilines is 2. The second kappa shape index (κ2) is 4.99. The van der Waals surface area contributed by atoms with E-state index in [-0.39, 0.29) is 10.6 Å². The topological polar surface area (TPSA) is 112 Å². The van der Waals surface area contributed by atoms with Crippen LogP contribution in [0.5, 0.6) is 0 Å². The van der Waals surface area contributed by atoms with Crippen molar-refractivity contribution in [3.8, 4) is 0 Å². The molecule has 0 amide bonds. The molecule has 104 valence electrons. The molecule has 0 heterocycles. The van der Waals surface area contributed by atoms with Gasteiger partial charge in [-0.05, 0) is 41.0 Å². The van der Waals surface area contributed by atoms with E-state index in [0.29, 0.717) is 16.8 Å². The van der Waals surface area contributed by atoms with Crippen molar-refractivity contribution < 1.29 is 8.42 Å². The molecule has 0 spiro atoms. The molecule has 0 radical (unpaired) electrons. The highest BCUT2D eigenvalue weighted by Crippen LogP contribution is 2.27. The van der Waals surface area contributed by atoms with Crippen molar-refractivity contribution in [2.24, 2.45) is 5.14 Å². The summed E-state index contributed by atoms with van der Waals surface area (Å²) in [6.07, 6.45) is 0. The van der Waals surface area contributed by atoms with Crippen LogP contribution in [0.2, 0.25) is 0 Å². The third-order valence-electron chi connectivity index (χ3n) is 2.90. The van der Waals surface area contributed by atoms with E-state index in [4.69, 9.17) is 16.6 Å². The number of primary sulfonamides is 1. The lowest BCUT2D eigenvalue weighted by molar-refractivity contribution is 0.598. The molecule has 2 aromatic carbocycles. The van der Waals surface area contributed by atoms with Crippen molar-refractivity contribution in [2.75, 3.05) is 11.5 Å². The Balaban J connectivity index is 2.52. The second-order valence-electron chi connectivity index (χ2n) is 4.40. The Kier molecular flexibility index (Phi) is 3.52. The highest BCUT2D eigenvalue weighted by molar-refractivity contribution is 7.89. The van der Waals surface area contributed by atoms with Gasteiger partial charge in [-0.1, -0.05) is 24.8 Å². The predicted molar refractivity (Wildman–Crippen MR) is 81.2 cm³/mol. The molecule has 0 aliphatic rings. The normalized spacial score (nSPS) is 11.2. The molecular formula is C14H15N3O2S. The van der Waals surface area contributed by atoms with Crippen molar-refractivity contribution in [2.45, 2.75) is 4.90 Å². The zero-order valence-corrected chi connectivity index (χ0v) is 11.5. The lowest BCUT2D eigenvalue weighted by atomic mass is 9.99. The van der Waals surface area contributed by atoms with Gasteiger partial charge in [-0.2, -0.15) is 0 Å². The number of hydrogen-bond donors (Lipinski definition) is 3. The minimum Gasteiger partial charge on any atom is -0.399 e. The fourth-order valence-corrected chi connectivity index (χ4v) is 2.55. The van der Waals surface area contributed by atoms with Crippen LogP contribution in [0.1, 0.15) is 11.1 Å². The fraction of sp³-hybridized carbons (Fsp3) is 0. The molecule has 0 bridgehead atoms. The number of sulfonamides is 1. The molecule has 0 aromatic heterocycles. The first-order valence-corrected chi connectivity index (χ1v) is 7.31. The third-order valence-corrected chi connectivity index (χ3v) is 3.87. The molecule has 0 atom stereocenters. The molecule has 0 saturated heterocycles. The first kappa shape index (κ1) is 14.1. The lowest BCUT2D eigenvalue weighted by Crippen LogP contribution is -2.14. The van der Waals surface area contributed by atoms with Crippen molar-refractivity contribution in [3.05, 3.63) is 60.2 Å². The number of nitrogens with two attached hydrogens (primary N) is 3. The van der Waals surface area contributed by atoms with E-state index in [1.807, 2.05) is 6.07 Å². The van der Waals surface area contributed by atoms with Crippen LogP contribution in [0.25, 0.3) is 5.57 Å². The molecule has 5 nitrogen and oxygen atoms in total. The Hall–Kier alpha value is -2.31. The van der Waals surface area contributed by atoms with Gasteiger partial charge in [0.25, 0.3) is 0 Å². The molecule has 6 heteroatoms. The number of rotatable bonds is 3. The van der Waals surface area contributed by atoms with Gasteiger partial charge in [-0.15, -0.1) is 0 Å². The molecule has 6 N–H and O–H groups in total. The van der Waals surface area contributed by atoms with Crippen molar-refractivity contribution in [1.82, 2.24) is 0 Å². The van der Waals surface area contributed by atoms with Crippen LogP contribution in [0.15, 0.2) is 53.9 Å². The summed E-state index contributed by atoms with van der Waals surface area (Å²) in [7, 11) is -3.87. The zero-order valence-electron chi connectivity index (χ0n) is 10.7. The predicted octanol–water partition coefficient (Wildman–Crippen LogP) is 1.56. The third kappa shape index (κ3) is 2.81. The maximum Gasteiger partial charge on any atom is 0.240 e. The lowest BCUT2D eigenvalue weighted by Gasteiger charge is -2.10. The van der Waals surface area contributed by atoms with Gasteiger partial charge in [-0.3, -0.25) is 0 Å². The maximum atomic E-state index is 11.5. The van der Waals surface area contributed by atoms with Gasteiger partial charge in [0.05, 0.1) is 5.69 Å². The van der Waals surface area contributed by atoms with Crippen LogP contribution in [0, 0.1) is 0 Å². The molecule has 0 fully saturated rings. The number of nitrogen functional groups attached to an aromatic ring is 2. The largest absolute Gasteiger partial charge is 0.399 e. The monoisotopic (exact) mass is 289 g/mol. The smallest absolute Gasteiger partial charge is 0.240 e. The SMILES string of the molecule is C=C(c1cccc(N)c1)c1ccc(N)c(S(N)(=O)=O)c1. The van der Waals surface area contributed by atoms with E-state index < -0.39 is 10.0 Å². The average Bonchev–Trinajstić information content (AvgIpc) is 2.37. The average molecular weight is 289 g/mol. The van der Waals surface area contributed by atoms with Crippen molar-refractivity contribution in [3.63, 3.8) is 0 Å². The highest BCUT2D eigenvalue weighted by Gasteiger charge is 2.14. The van der Waals surface area contributed by atoms with E-state index in [9.17, 15) is 8.42 Å². The van der Waals surface area contributed by atoms with Gasteiger partial charge in [0, 0.05) is 5.69 Å². The van der Waals surface area contributed by atoms with Crippen LogP contribution in [0.4, 0.5) is 11.4 Å². The van der Waals surface area contributed by atoms with Gasteiger partial charge in [-0.25, -0.2) is 13.6 Å². The minimum absolute atomic E-state index is 0.108. The van der Waals surface area contributed by atoms with Crippen LogP contribution in [-0.4, -0.2) is 8.42 Å². The molecule has 0 unspecified atom stereocenters. The van der Waals surface area contributed by atoms with Gasteiger partial charge in [0.15, 0.2) is 0 Å². The number of benzene rings is 2. The Morgan fingerprint density at radius 3 is 2.25 bits per heavy atom. The highest BCUT2D eigenvalue weighted by atomic mass is 32.2. The van der Waals surface area contributed by atoms with Gasteiger partial charge in [0.1, 0.15) is 4.90 Å². The van der Waals surface area contributed by atoms with Crippen LogP contribution in [-0.2, 0) is 10.0 Å².